The summed E-state index contributed by atoms with van der Waals surface area (Å²) in [7, 11) is 0. The molecule has 0 unspecified atom stereocenters. The number of nitrogens with zero attached hydrogens (tertiary/aromatic N) is 2. The lowest BCUT2D eigenvalue weighted by atomic mass is 10.0. The molecule has 6 nitrogen and oxygen atoms in total. The number of carbonyl (C=O) groups excluding carboxylic acids is 1. The quantitative estimate of drug-likeness (QED) is 0.692. The summed E-state index contributed by atoms with van der Waals surface area (Å²) in [6.45, 7) is 5.56. The van der Waals surface area contributed by atoms with E-state index in [9.17, 15) is 9.59 Å². The van der Waals surface area contributed by atoms with Gasteiger partial charge in [-0.1, -0.05) is 24.6 Å². The van der Waals surface area contributed by atoms with Crippen molar-refractivity contribution in [3.63, 3.8) is 0 Å². The predicted octanol–water partition coefficient (Wildman–Crippen LogP) is 3.55. The summed E-state index contributed by atoms with van der Waals surface area (Å²) in [6, 6.07) is 10.1. The Labute approximate surface area is 184 Å². The van der Waals surface area contributed by atoms with Crippen LogP contribution in [0.5, 0.6) is 5.75 Å². The van der Waals surface area contributed by atoms with Crippen LogP contribution in [0, 0.1) is 0 Å². The van der Waals surface area contributed by atoms with Gasteiger partial charge in [0.05, 0.1) is 6.61 Å². The first-order valence-electron chi connectivity index (χ1n) is 11.7. The number of benzene rings is 1. The highest BCUT2D eigenvalue weighted by atomic mass is 16.5. The maximum atomic E-state index is 13.2. The lowest BCUT2D eigenvalue weighted by Gasteiger charge is -2.31. The van der Waals surface area contributed by atoms with Gasteiger partial charge in [0.1, 0.15) is 11.3 Å². The number of nitrogens with one attached hydrogen (secondary N) is 1. The molecule has 0 fully saturated rings. The van der Waals surface area contributed by atoms with Crippen molar-refractivity contribution in [1.82, 2.24) is 9.88 Å². The summed E-state index contributed by atoms with van der Waals surface area (Å²) < 4.78 is 7.48. The molecule has 1 aromatic heterocycles. The Kier molecular flexibility index (Phi) is 6.95. The van der Waals surface area contributed by atoms with Crippen LogP contribution in [0.2, 0.25) is 0 Å². The smallest absolute Gasteiger partial charge is 0.256 e. The van der Waals surface area contributed by atoms with E-state index in [0.29, 0.717) is 31.0 Å². The Hall–Kier alpha value is -2.76. The zero-order valence-corrected chi connectivity index (χ0v) is 18.5. The fourth-order valence-electron chi connectivity index (χ4n) is 4.83. The van der Waals surface area contributed by atoms with Crippen LogP contribution in [0.1, 0.15) is 60.6 Å². The second kappa shape index (κ2) is 10.0. The summed E-state index contributed by atoms with van der Waals surface area (Å²) in [4.78, 5) is 28.2. The van der Waals surface area contributed by atoms with Gasteiger partial charge in [0.25, 0.3) is 11.5 Å². The molecule has 2 aliphatic rings. The Morgan fingerprint density at radius 2 is 1.97 bits per heavy atom. The van der Waals surface area contributed by atoms with Crippen LogP contribution < -0.4 is 20.5 Å². The van der Waals surface area contributed by atoms with Crippen LogP contribution in [0.4, 0.5) is 5.69 Å². The molecule has 0 saturated carbocycles. The van der Waals surface area contributed by atoms with Gasteiger partial charge in [0.15, 0.2) is 0 Å². The van der Waals surface area contributed by atoms with E-state index in [1.165, 1.54) is 23.7 Å². The lowest BCUT2D eigenvalue weighted by Crippen LogP contribution is -2.34. The van der Waals surface area contributed by atoms with E-state index in [4.69, 9.17) is 4.74 Å². The molecule has 2 aromatic rings. The van der Waals surface area contributed by atoms with Crippen molar-refractivity contribution in [3.8, 4) is 5.75 Å². The second-order valence-corrected chi connectivity index (χ2v) is 8.39. The summed E-state index contributed by atoms with van der Waals surface area (Å²) in [5, 5.41) is 3.09. The Balaban J connectivity index is 1.44. The maximum absolute atomic E-state index is 13.2. The van der Waals surface area contributed by atoms with Crippen molar-refractivity contribution >= 4 is 11.6 Å². The molecule has 6 heteroatoms. The number of pyridine rings is 1. The van der Waals surface area contributed by atoms with E-state index in [-0.39, 0.29) is 11.5 Å². The SMILES string of the molecule is CCOc1cc(=O)n2c(c1C(=O)NCCCN1CCCc3ccccc31)CCCCC2. The largest absolute Gasteiger partial charge is 0.493 e. The minimum absolute atomic E-state index is 0.0688. The number of fused-ring (bicyclic) bond motifs is 2. The van der Waals surface area contributed by atoms with Gasteiger partial charge in [0, 0.05) is 43.6 Å². The molecule has 166 valence electrons. The molecule has 4 rings (SSSR count). The zero-order chi connectivity index (χ0) is 21.6. The third kappa shape index (κ3) is 4.78. The van der Waals surface area contributed by atoms with Crippen LogP contribution in [-0.4, -0.2) is 36.7 Å². The van der Waals surface area contributed by atoms with Crippen LogP contribution in [0.3, 0.4) is 0 Å². The van der Waals surface area contributed by atoms with Gasteiger partial charge < -0.3 is 19.5 Å². The standard InChI is InChI=1S/C25H33N3O3/c1-2-31-22-18-23(29)28-17-7-3-4-13-21(28)24(22)25(30)26-14-9-16-27-15-8-11-19-10-5-6-12-20(19)27/h5-6,10,12,18H,2-4,7-9,11,13-17H2,1H3,(H,26,30). The molecule has 0 atom stereocenters. The normalized spacial score (nSPS) is 15.6. The van der Waals surface area contributed by atoms with E-state index in [1.807, 2.05) is 6.92 Å². The molecule has 31 heavy (non-hydrogen) atoms. The number of aryl methyl sites for hydroxylation is 1. The van der Waals surface area contributed by atoms with E-state index >= 15 is 0 Å². The second-order valence-electron chi connectivity index (χ2n) is 8.39. The topological polar surface area (TPSA) is 63.6 Å². The summed E-state index contributed by atoms with van der Waals surface area (Å²) >= 11 is 0. The molecule has 3 heterocycles. The highest BCUT2D eigenvalue weighted by molar-refractivity contribution is 5.98. The molecular weight excluding hydrogens is 390 g/mol. The van der Waals surface area contributed by atoms with Crippen molar-refractivity contribution in [2.45, 2.75) is 58.4 Å². The number of amides is 1. The molecule has 0 spiro atoms. The van der Waals surface area contributed by atoms with Crippen molar-refractivity contribution in [2.75, 3.05) is 31.1 Å². The molecule has 2 aliphatic heterocycles. The number of anilines is 1. The van der Waals surface area contributed by atoms with Gasteiger partial charge in [-0.25, -0.2) is 0 Å². The molecule has 1 amide bonds. The number of para-hydroxylation sites is 1. The van der Waals surface area contributed by atoms with E-state index in [0.717, 1.165) is 57.3 Å². The van der Waals surface area contributed by atoms with Crippen molar-refractivity contribution < 1.29 is 9.53 Å². The first-order valence-corrected chi connectivity index (χ1v) is 11.7. The van der Waals surface area contributed by atoms with Crippen LogP contribution in [0.15, 0.2) is 35.1 Å². The number of hydrogen-bond acceptors (Lipinski definition) is 4. The lowest BCUT2D eigenvalue weighted by molar-refractivity contribution is 0.0947. The number of ether oxygens (including phenoxy) is 1. The molecule has 0 radical (unpaired) electrons. The average Bonchev–Trinajstić information content (AvgIpc) is 3.03. The van der Waals surface area contributed by atoms with Gasteiger partial charge in [-0.3, -0.25) is 9.59 Å². The first-order chi connectivity index (χ1) is 15.2. The zero-order valence-electron chi connectivity index (χ0n) is 18.5. The summed E-state index contributed by atoms with van der Waals surface area (Å²) in [5.41, 5.74) is 4.05. The number of hydrogen-bond donors (Lipinski definition) is 1. The van der Waals surface area contributed by atoms with Crippen LogP contribution in [0.25, 0.3) is 0 Å². The number of rotatable bonds is 7. The Morgan fingerprint density at radius 3 is 2.84 bits per heavy atom. The third-order valence-corrected chi connectivity index (χ3v) is 6.30. The number of carbonyl (C=O) groups is 1. The van der Waals surface area contributed by atoms with E-state index < -0.39 is 0 Å². The van der Waals surface area contributed by atoms with E-state index in [1.54, 1.807) is 4.57 Å². The molecule has 1 aromatic carbocycles. The molecule has 1 N–H and O–H groups in total. The fraction of sp³-hybridized carbons (Fsp3) is 0.520. The Morgan fingerprint density at radius 1 is 1.10 bits per heavy atom. The van der Waals surface area contributed by atoms with Gasteiger partial charge in [-0.15, -0.1) is 0 Å². The van der Waals surface area contributed by atoms with Crippen molar-refractivity contribution in [1.29, 1.82) is 0 Å². The van der Waals surface area contributed by atoms with Crippen LogP contribution in [-0.2, 0) is 19.4 Å². The predicted molar refractivity (Wildman–Crippen MR) is 123 cm³/mol. The average molecular weight is 424 g/mol. The highest BCUT2D eigenvalue weighted by Gasteiger charge is 2.23. The minimum atomic E-state index is -0.131. The monoisotopic (exact) mass is 423 g/mol. The van der Waals surface area contributed by atoms with Crippen LogP contribution >= 0.6 is 0 Å². The van der Waals surface area contributed by atoms with Gasteiger partial charge in [-0.2, -0.15) is 0 Å². The van der Waals surface area contributed by atoms with E-state index in [2.05, 4.69) is 34.5 Å². The molecule has 0 aliphatic carbocycles. The summed E-state index contributed by atoms with van der Waals surface area (Å²) in [5.74, 6) is 0.288. The van der Waals surface area contributed by atoms with Gasteiger partial charge in [0.2, 0.25) is 0 Å². The maximum Gasteiger partial charge on any atom is 0.256 e. The summed E-state index contributed by atoms with van der Waals surface area (Å²) in [6.07, 6.45) is 6.96. The molecule has 0 saturated heterocycles. The van der Waals surface area contributed by atoms with Crippen molar-refractivity contribution in [2.24, 2.45) is 0 Å². The molecule has 0 bridgehead atoms. The number of aromatic nitrogens is 1. The Bertz CT molecular complexity index is 982. The third-order valence-electron chi connectivity index (χ3n) is 6.30. The fourth-order valence-corrected chi connectivity index (χ4v) is 4.83. The minimum Gasteiger partial charge on any atom is -0.493 e. The van der Waals surface area contributed by atoms with Gasteiger partial charge in [-0.05, 0) is 57.1 Å². The first kappa shape index (κ1) is 21.5. The molecular formula is C25H33N3O3. The highest BCUT2D eigenvalue weighted by Crippen LogP contribution is 2.27. The van der Waals surface area contributed by atoms with Crippen molar-refractivity contribution in [3.05, 3.63) is 57.5 Å². The van der Waals surface area contributed by atoms with Gasteiger partial charge >= 0.3 is 0 Å².